The summed E-state index contributed by atoms with van der Waals surface area (Å²) in [7, 11) is 0. The average molecular weight is 188 g/mol. The molecule has 0 aliphatic heterocycles. The molecule has 0 aromatic carbocycles. The monoisotopic (exact) mass is 188 g/mol. The van der Waals surface area contributed by atoms with Crippen LogP contribution in [-0.4, -0.2) is 23.2 Å². The van der Waals surface area contributed by atoms with Gasteiger partial charge in [0, 0.05) is 6.04 Å². The maximum Gasteiger partial charge on any atom is 0.320 e. The van der Waals surface area contributed by atoms with Crippen LogP contribution < -0.4 is 11.5 Å². The Balaban J connectivity index is 0.000000226. The van der Waals surface area contributed by atoms with Gasteiger partial charge in [-0.3, -0.25) is 4.79 Å². The van der Waals surface area contributed by atoms with Crippen LogP contribution in [0.15, 0.2) is 0 Å². The van der Waals surface area contributed by atoms with Crippen LogP contribution >= 0.6 is 0 Å². The molecule has 0 radical (unpaired) electrons. The van der Waals surface area contributed by atoms with E-state index in [2.05, 4.69) is 0 Å². The smallest absolute Gasteiger partial charge is 0.320 e. The summed E-state index contributed by atoms with van der Waals surface area (Å²) in [5.41, 5.74) is 10.5. The molecular formula is C9H20N2O2. The number of carbonyl (C=O) groups is 1. The Bertz CT molecular complexity index is 143. The van der Waals surface area contributed by atoms with E-state index in [4.69, 9.17) is 16.6 Å². The van der Waals surface area contributed by atoms with Crippen LogP contribution in [0.4, 0.5) is 0 Å². The van der Waals surface area contributed by atoms with Crippen molar-refractivity contribution in [2.24, 2.45) is 11.5 Å². The van der Waals surface area contributed by atoms with Gasteiger partial charge in [-0.05, 0) is 19.8 Å². The predicted octanol–water partition coefficient (Wildman–Crippen LogP) is 0.696. The first kappa shape index (κ1) is 12.4. The molecule has 1 atom stereocenters. The van der Waals surface area contributed by atoms with Crippen LogP contribution in [0, 0.1) is 0 Å². The van der Waals surface area contributed by atoms with E-state index in [1.807, 2.05) is 0 Å². The van der Waals surface area contributed by atoms with E-state index in [0.29, 0.717) is 6.04 Å². The molecule has 1 fully saturated rings. The van der Waals surface area contributed by atoms with Crippen molar-refractivity contribution in [3.8, 4) is 0 Å². The molecule has 1 unspecified atom stereocenters. The number of hydrogen-bond acceptors (Lipinski definition) is 3. The maximum atomic E-state index is 9.57. The number of rotatable bonds is 1. The summed E-state index contributed by atoms with van der Waals surface area (Å²) >= 11 is 0. The summed E-state index contributed by atoms with van der Waals surface area (Å²) < 4.78 is 0. The Morgan fingerprint density at radius 2 is 1.77 bits per heavy atom. The fraction of sp³-hybridized carbons (Fsp3) is 0.889. The molecule has 4 nitrogen and oxygen atoms in total. The van der Waals surface area contributed by atoms with Crippen molar-refractivity contribution >= 4 is 5.97 Å². The second-order valence-electron chi connectivity index (χ2n) is 3.53. The van der Waals surface area contributed by atoms with Gasteiger partial charge in [0.05, 0.1) is 0 Å². The Labute approximate surface area is 79.3 Å². The highest BCUT2D eigenvalue weighted by Gasteiger charge is 2.06. The van der Waals surface area contributed by atoms with Gasteiger partial charge in [0.25, 0.3) is 0 Å². The first-order valence-corrected chi connectivity index (χ1v) is 4.78. The second-order valence-corrected chi connectivity index (χ2v) is 3.53. The molecular weight excluding hydrogens is 168 g/mol. The zero-order chi connectivity index (χ0) is 10.3. The Morgan fingerprint density at radius 3 is 1.92 bits per heavy atom. The van der Waals surface area contributed by atoms with Gasteiger partial charge in [0.2, 0.25) is 0 Å². The van der Waals surface area contributed by atoms with E-state index in [1.54, 1.807) is 0 Å². The molecule has 0 bridgehead atoms. The third-order valence-electron chi connectivity index (χ3n) is 2.04. The molecule has 0 spiro atoms. The van der Waals surface area contributed by atoms with E-state index in [-0.39, 0.29) is 0 Å². The standard InChI is InChI=1S/C6H13N.C3H7NO2/c7-6-4-2-1-3-5-6;1-2(4)3(5)6/h6H,1-5,7H2;2H,4H2,1H3,(H,5,6). The molecule has 4 heteroatoms. The Kier molecular flexibility index (Phi) is 6.54. The highest BCUT2D eigenvalue weighted by molar-refractivity contribution is 5.72. The summed E-state index contributed by atoms with van der Waals surface area (Å²) in [6.45, 7) is 1.42. The summed E-state index contributed by atoms with van der Waals surface area (Å²) in [6.07, 6.45) is 6.66. The summed E-state index contributed by atoms with van der Waals surface area (Å²) in [5, 5.41) is 7.87. The molecule has 78 valence electrons. The lowest BCUT2D eigenvalue weighted by Crippen LogP contribution is -2.25. The molecule has 0 aromatic rings. The fourth-order valence-corrected chi connectivity index (χ4v) is 1.13. The van der Waals surface area contributed by atoms with Gasteiger partial charge in [0.15, 0.2) is 0 Å². The summed E-state index contributed by atoms with van der Waals surface area (Å²) in [6, 6.07) is -0.196. The third kappa shape index (κ3) is 7.74. The molecule has 1 rings (SSSR count). The van der Waals surface area contributed by atoms with Crippen molar-refractivity contribution < 1.29 is 9.90 Å². The SMILES string of the molecule is CC(N)C(=O)O.NC1CCCCC1. The third-order valence-corrected chi connectivity index (χ3v) is 2.04. The minimum absolute atomic E-state index is 0.536. The number of carboxylic acid groups (broad SMARTS) is 1. The zero-order valence-corrected chi connectivity index (χ0v) is 8.20. The van der Waals surface area contributed by atoms with Crippen LogP contribution in [0.3, 0.4) is 0 Å². The van der Waals surface area contributed by atoms with Crippen molar-refractivity contribution in [2.75, 3.05) is 0 Å². The Morgan fingerprint density at radius 1 is 1.38 bits per heavy atom. The van der Waals surface area contributed by atoms with E-state index in [9.17, 15) is 4.79 Å². The van der Waals surface area contributed by atoms with Crippen molar-refractivity contribution in [3.05, 3.63) is 0 Å². The minimum atomic E-state index is -0.963. The van der Waals surface area contributed by atoms with Crippen LogP contribution in [-0.2, 0) is 4.79 Å². The number of aliphatic carboxylic acids is 1. The molecule has 0 saturated heterocycles. The van der Waals surface area contributed by atoms with Gasteiger partial charge in [-0.2, -0.15) is 0 Å². The van der Waals surface area contributed by atoms with Gasteiger partial charge in [-0.25, -0.2) is 0 Å². The molecule has 1 saturated carbocycles. The average Bonchev–Trinajstić information content (AvgIpc) is 2.06. The van der Waals surface area contributed by atoms with E-state index < -0.39 is 12.0 Å². The van der Waals surface area contributed by atoms with Crippen molar-refractivity contribution in [2.45, 2.75) is 51.1 Å². The molecule has 1 aliphatic carbocycles. The predicted molar refractivity (Wildman–Crippen MR) is 52.3 cm³/mol. The van der Waals surface area contributed by atoms with Crippen LogP contribution in [0.5, 0.6) is 0 Å². The minimum Gasteiger partial charge on any atom is -0.480 e. The molecule has 0 heterocycles. The quantitative estimate of drug-likeness (QED) is 0.565. The molecule has 5 N–H and O–H groups in total. The lowest BCUT2D eigenvalue weighted by molar-refractivity contribution is -0.138. The van der Waals surface area contributed by atoms with Gasteiger partial charge < -0.3 is 16.6 Å². The number of hydrogen-bond donors (Lipinski definition) is 3. The highest BCUT2D eigenvalue weighted by Crippen LogP contribution is 2.14. The van der Waals surface area contributed by atoms with E-state index in [1.165, 1.54) is 39.0 Å². The largest absolute Gasteiger partial charge is 0.480 e. The van der Waals surface area contributed by atoms with Gasteiger partial charge in [0.1, 0.15) is 6.04 Å². The zero-order valence-electron chi connectivity index (χ0n) is 8.20. The van der Waals surface area contributed by atoms with Crippen molar-refractivity contribution in [1.29, 1.82) is 0 Å². The second kappa shape index (κ2) is 6.86. The topological polar surface area (TPSA) is 89.3 Å². The number of carboxylic acids is 1. The highest BCUT2D eigenvalue weighted by atomic mass is 16.4. The van der Waals surface area contributed by atoms with Crippen LogP contribution in [0.1, 0.15) is 39.0 Å². The molecule has 1 aliphatic rings. The van der Waals surface area contributed by atoms with Crippen LogP contribution in [0.2, 0.25) is 0 Å². The first-order valence-electron chi connectivity index (χ1n) is 4.78. The first-order chi connectivity index (χ1) is 6.04. The molecule has 13 heavy (non-hydrogen) atoms. The van der Waals surface area contributed by atoms with Crippen LogP contribution in [0.25, 0.3) is 0 Å². The van der Waals surface area contributed by atoms with Gasteiger partial charge >= 0.3 is 5.97 Å². The van der Waals surface area contributed by atoms with E-state index >= 15 is 0 Å². The number of nitrogens with two attached hydrogens (primary N) is 2. The fourth-order valence-electron chi connectivity index (χ4n) is 1.13. The van der Waals surface area contributed by atoms with Crippen molar-refractivity contribution in [3.63, 3.8) is 0 Å². The summed E-state index contributed by atoms with van der Waals surface area (Å²) in [5.74, 6) is -0.963. The maximum absolute atomic E-state index is 9.57. The lowest BCUT2D eigenvalue weighted by atomic mass is 9.97. The summed E-state index contributed by atoms with van der Waals surface area (Å²) in [4.78, 5) is 9.57. The Hall–Kier alpha value is -0.610. The molecule has 0 amide bonds. The van der Waals surface area contributed by atoms with Gasteiger partial charge in [-0.15, -0.1) is 0 Å². The lowest BCUT2D eigenvalue weighted by Gasteiger charge is -2.15. The van der Waals surface area contributed by atoms with Gasteiger partial charge in [-0.1, -0.05) is 19.3 Å². The van der Waals surface area contributed by atoms with E-state index in [0.717, 1.165) is 0 Å². The molecule has 0 aromatic heterocycles. The normalized spacial score (nSPS) is 19.9. The van der Waals surface area contributed by atoms with Crippen molar-refractivity contribution in [1.82, 2.24) is 0 Å².